The summed E-state index contributed by atoms with van der Waals surface area (Å²) < 4.78 is 16.6. The van der Waals surface area contributed by atoms with E-state index in [-0.39, 0.29) is 18.6 Å². The molecule has 0 saturated carbocycles. The van der Waals surface area contributed by atoms with Gasteiger partial charge in [0.15, 0.2) is 11.5 Å². The maximum Gasteiger partial charge on any atom is 0.231 e. The van der Waals surface area contributed by atoms with E-state index in [1.165, 1.54) is 0 Å². The molecule has 4 rings (SSSR count). The summed E-state index contributed by atoms with van der Waals surface area (Å²) >= 11 is 0. The predicted octanol–water partition coefficient (Wildman–Crippen LogP) is 4.50. The van der Waals surface area contributed by atoms with Crippen LogP contribution >= 0.6 is 0 Å². The highest BCUT2D eigenvalue weighted by Crippen LogP contribution is 2.37. The van der Waals surface area contributed by atoms with Gasteiger partial charge < -0.3 is 18.8 Å². The minimum absolute atomic E-state index is 0.0561. The lowest BCUT2D eigenvalue weighted by Gasteiger charge is -2.22. The number of hydrogen-bond donors (Lipinski definition) is 0. The fourth-order valence-electron chi connectivity index (χ4n) is 3.47. The summed E-state index contributed by atoms with van der Waals surface area (Å²) in [6.07, 6.45) is 0.361. The largest absolute Gasteiger partial charge is 0.464 e. The molecule has 1 aliphatic heterocycles. The van der Waals surface area contributed by atoms with Crippen molar-refractivity contribution in [2.24, 2.45) is 0 Å². The predicted molar refractivity (Wildman–Crippen MR) is 105 cm³/mol. The molecule has 2 aromatic carbocycles. The Bertz CT molecular complexity index is 964. The number of fused-ring (bicyclic) bond motifs is 1. The third kappa shape index (κ3) is 3.88. The smallest absolute Gasteiger partial charge is 0.231 e. The minimum atomic E-state index is -0.0658. The van der Waals surface area contributed by atoms with Crippen LogP contribution in [0.2, 0.25) is 0 Å². The molecule has 0 spiro atoms. The highest BCUT2D eigenvalue weighted by atomic mass is 16.7. The van der Waals surface area contributed by atoms with Gasteiger partial charge in [-0.2, -0.15) is 0 Å². The Hall–Kier alpha value is -3.21. The van der Waals surface area contributed by atoms with Crippen LogP contribution in [0, 0.1) is 6.92 Å². The van der Waals surface area contributed by atoms with Gasteiger partial charge in [0.25, 0.3) is 0 Å². The number of ether oxygens (including phenoxy) is 2. The first-order chi connectivity index (χ1) is 13.6. The molecule has 0 bridgehead atoms. The van der Waals surface area contributed by atoms with Gasteiger partial charge in [0.1, 0.15) is 11.5 Å². The van der Waals surface area contributed by atoms with Crippen LogP contribution < -0.4 is 9.47 Å². The number of hydrogen-bond acceptors (Lipinski definition) is 4. The van der Waals surface area contributed by atoms with Crippen molar-refractivity contribution in [3.63, 3.8) is 0 Å². The highest BCUT2D eigenvalue weighted by Gasteiger charge is 2.23. The molecule has 1 atom stereocenters. The molecule has 144 valence electrons. The molecule has 1 aliphatic rings. The SMILES string of the molecule is Cc1ccc(CN(C)C(=O)C[C@H](c2ccccc2)c2ccc3c(c2)OCO3)o1. The lowest BCUT2D eigenvalue weighted by atomic mass is 9.88. The van der Waals surface area contributed by atoms with E-state index in [1.807, 2.05) is 62.5 Å². The molecule has 0 N–H and O–H groups in total. The summed E-state index contributed by atoms with van der Waals surface area (Å²) in [7, 11) is 1.81. The number of amides is 1. The molecule has 0 saturated heterocycles. The molecule has 0 aliphatic carbocycles. The van der Waals surface area contributed by atoms with Crippen LogP contribution in [0.25, 0.3) is 0 Å². The van der Waals surface area contributed by atoms with Gasteiger partial charge in [-0.15, -0.1) is 0 Å². The summed E-state index contributed by atoms with van der Waals surface area (Å²) in [6.45, 7) is 2.59. The average molecular weight is 377 g/mol. The maximum atomic E-state index is 13.0. The Labute approximate surface area is 164 Å². The first kappa shape index (κ1) is 18.2. The standard InChI is InChI=1S/C23H23NO4/c1-16-8-10-19(28-16)14-24(2)23(25)13-20(17-6-4-3-5-7-17)18-9-11-21-22(12-18)27-15-26-21/h3-12,20H,13-15H2,1-2H3/t20-/m1/s1. The number of nitrogens with zero attached hydrogens (tertiary/aromatic N) is 1. The molecule has 0 fully saturated rings. The van der Waals surface area contributed by atoms with E-state index in [0.717, 1.165) is 34.1 Å². The molecule has 3 aromatic rings. The molecule has 5 nitrogen and oxygen atoms in total. The molecule has 1 aromatic heterocycles. The summed E-state index contributed by atoms with van der Waals surface area (Å²) in [5.74, 6) is 3.09. The Kier molecular flexibility index (Phi) is 5.06. The molecule has 1 amide bonds. The van der Waals surface area contributed by atoms with E-state index in [2.05, 4.69) is 12.1 Å². The van der Waals surface area contributed by atoms with Gasteiger partial charge in [0.05, 0.1) is 6.54 Å². The van der Waals surface area contributed by atoms with Crippen molar-refractivity contribution >= 4 is 5.91 Å². The molecule has 5 heteroatoms. The Balaban J connectivity index is 1.56. The van der Waals surface area contributed by atoms with Crippen molar-refractivity contribution in [1.29, 1.82) is 0 Å². The quantitative estimate of drug-likeness (QED) is 0.635. The summed E-state index contributed by atoms with van der Waals surface area (Å²) in [6, 6.07) is 19.8. The number of aryl methyl sites for hydroxylation is 1. The van der Waals surface area contributed by atoms with Crippen LogP contribution in [0.4, 0.5) is 0 Å². The number of furan rings is 1. The summed E-state index contributed by atoms with van der Waals surface area (Å²) in [5, 5.41) is 0. The zero-order valence-electron chi connectivity index (χ0n) is 16.1. The monoisotopic (exact) mass is 377 g/mol. The third-order valence-electron chi connectivity index (χ3n) is 4.99. The van der Waals surface area contributed by atoms with E-state index in [9.17, 15) is 4.79 Å². The van der Waals surface area contributed by atoms with Crippen molar-refractivity contribution in [1.82, 2.24) is 4.90 Å². The van der Waals surface area contributed by atoms with E-state index >= 15 is 0 Å². The third-order valence-corrected chi connectivity index (χ3v) is 4.99. The molecule has 28 heavy (non-hydrogen) atoms. The van der Waals surface area contributed by atoms with Crippen molar-refractivity contribution in [3.05, 3.63) is 83.3 Å². The van der Waals surface area contributed by atoms with E-state index < -0.39 is 0 Å². The fourth-order valence-corrected chi connectivity index (χ4v) is 3.47. The van der Waals surface area contributed by atoms with Crippen molar-refractivity contribution in [2.75, 3.05) is 13.8 Å². The minimum Gasteiger partial charge on any atom is -0.464 e. The highest BCUT2D eigenvalue weighted by molar-refractivity contribution is 5.77. The van der Waals surface area contributed by atoms with Crippen LogP contribution in [0.5, 0.6) is 11.5 Å². The van der Waals surface area contributed by atoms with Crippen LogP contribution in [0.15, 0.2) is 65.1 Å². The number of carbonyl (C=O) groups excluding carboxylic acids is 1. The van der Waals surface area contributed by atoms with Gasteiger partial charge >= 0.3 is 0 Å². The lowest BCUT2D eigenvalue weighted by molar-refractivity contribution is -0.130. The Morgan fingerprint density at radius 1 is 1.00 bits per heavy atom. The molecule has 2 heterocycles. The maximum absolute atomic E-state index is 13.0. The topological polar surface area (TPSA) is 51.9 Å². The van der Waals surface area contributed by atoms with Crippen LogP contribution in [0.3, 0.4) is 0 Å². The number of rotatable bonds is 6. The van der Waals surface area contributed by atoms with Gasteiger partial charge in [-0.25, -0.2) is 0 Å². The summed E-state index contributed by atoms with van der Waals surface area (Å²) in [4.78, 5) is 14.7. The second-order valence-electron chi connectivity index (χ2n) is 7.04. The first-order valence-electron chi connectivity index (χ1n) is 9.34. The zero-order valence-corrected chi connectivity index (χ0v) is 16.1. The molecular weight excluding hydrogens is 354 g/mol. The zero-order chi connectivity index (χ0) is 19.5. The van der Waals surface area contributed by atoms with Crippen LogP contribution in [-0.2, 0) is 11.3 Å². The Morgan fingerprint density at radius 2 is 1.79 bits per heavy atom. The number of benzene rings is 2. The van der Waals surface area contributed by atoms with Crippen LogP contribution in [0.1, 0.15) is 35.0 Å². The Morgan fingerprint density at radius 3 is 2.54 bits per heavy atom. The van der Waals surface area contributed by atoms with Gasteiger partial charge in [-0.1, -0.05) is 36.4 Å². The second-order valence-corrected chi connectivity index (χ2v) is 7.04. The lowest BCUT2D eigenvalue weighted by Crippen LogP contribution is -2.27. The summed E-state index contributed by atoms with van der Waals surface area (Å²) in [5.41, 5.74) is 2.13. The van der Waals surface area contributed by atoms with Gasteiger partial charge in [0.2, 0.25) is 12.7 Å². The van der Waals surface area contributed by atoms with E-state index in [4.69, 9.17) is 13.9 Å². The van der Waals surface area contributed by atoms with E-state index in [0.29, 0.717) is 13.0 Å². The van der Waals surface area contributed by atoms with Gasteiger partial charge in [-0.05, 0) is 42.3 Å². The molecule has 0 unspecified atom stereocenters. The van der Waals surface area contributed by atoms with Crippen molar-refractivity contribution < 1.29 is 18.7 Å². The van der Waals surface area contributed by atoms with Crippen molar-refractivity contribution in [3.8, 4) is 11.5 Å². The molecular formula is C23H23NO4. The van der Waals surface area contributed by atoms with Crippen LogP contribution in [-0.4, -0.2) is 24.6 Å². The number of carbonyl (C=O) groups is 1. The second kappa shape index (κ2) is 7.80. The van der Waals surface area contributed by atoms with Gasteiger partial charge in [0, 0.05) is 19.4 Å². The first-order valence-corrected chi connectivity index (χ1v) is 9.34. The normalized spacial score (nSPS) is 13.4. The van der Waals surface area contributed by atoms with E-state index in [1.54, 1.807) is 4.90 Å². The van der Waals surface area contributed by atoms with Gasteiger partial charge in [-0.3, -0.25) is 4.79 Å². The average Bonchev–Trinajstić information content (AvgIpc) is 3.34. The van der Waals surface area contributed by atoms with Crippen molar-refractivity contribution in [2.45, 2.75) is 25.8 Å². The molecule has 0 radical (unpaired) electrons. The fraction of sp³-hybridized carbons (Fsp3) is 0.261.